The largest absolute Gasteiger partial charge is 0.461 e. The summed E-state index contributed by atoms with van der Waals surface area (Å²) >= 11 is 1.50. The standard InChI is InChI=1S/C8H3F2IN2O/c9-6-5(11)7(10)13-8(12-6)4-2-1-3-14-4/h1-3H. The highest BCUT2D eigenvalue weighted by Crippen LogP contribution is 2.19. The molecule has 0 bridgehead atoms. The van der Waals surface area contributed by atoms with E-state index in [4.69, 9.17) is 4.42 Å². The minimum Gasteiger partial charge on any atom is -0.461 e. The third-order valence-electron chi connectivity index (χ3n) is 1.51. The summed E-state index contributed by atoms with van der Waals surface area (Å²) in [7, 11) is 0. The molecule has 0 spiro atoms. The summed E-state index contributed by atoms with van der Waals surface area (Å²) in [5, 5.41) is 0. The predicted octanol–water partition coefficient (Wildman–Crippen LogP) is 2.62. The van der Waals surface area contributed by atoms with Gasteiger partial charge in [0.25, 0.3) is 0 Å². The molecule has 6 heteroatoms. The molecule has 0 aliphatic rings. The van der Waals surface area contributed by atoms with Crippen LogP contribution in [0.5, 0.6) is 0 Å². The van der Waals surface area contributed by atoms with E-state index in [0.29, 0.717) is 0 Å². The lowest BCUT2D eigenvalue weighted by Gasteiger charge is -1.98. The van der Waals surface area contributed by atoms with E-state index in [9.17, 15) is 8.78 Å². The van der Waals surface area contributed by atoms with Crippen molar-refractivity contribution in [3.8, 4) is 11.6 Å². The van der Waals surface area contributed by atoms with Crippen molar-refractivity contribution in [1.82, 2.24) is 9.97 Å². The van der Waals surface area contributed by atoms with E-state index in [1.54, 1.807) is 6.07 Å². The zero-order valence-electron chi connectivity index (χ0n) is 6.67. The van der Waals surface area contributed by atoms with Crippen LogP contribution in [0.1, 0.15) is 0 Å². The fraction of sp³-hybridized carbons (Fsp3) is 0. The molecule has 0 unspecified atom stereocenters. The maximum atomic E-state index is 13.0. The maximum Gasteiger partial charge on any atom is 0.233 e. The van der Waals surface area contributed by atoms with Crippen LogP contribution in [-0.4, -0.2) is 9.97 Å². The van der Waals surface area contributed by atoms with Crippen molar-refractivity contribution in [2.24, 2.45) is 0 Å². The van der Waals surface area contributed by atoms with Crippen LogP contribution in [0.25, 0.3) is 11.6 Å². The lowest BCUT2D eigenvalue weighted by atomic mass is 10.4. The highest BCUT2D eigenvalue weighted by Gasteiger charge is 2.13. The van der Waals surface area contributed by atoms with Gasteiger partial charge in [-0.3, -0.25) is 0 Å². The number of aromatic nitrogens is 2. The average molecular weight is 308 g/mol. The fourth-order valence-electron chi connectivity index (χ4n) is 0.910. The van der Waals surface area contributed by atoms with Gasteiger partial charge in [0.1, 0.15) is 3.57 Å². The van der Waals surface area contributed by atoms with E-state index in [-0.39, 0.29) is 15.2 Å². The van der Waals surface area contributed by atoms with Crippen molar-refractivity contribution in [3.05, 3.63) is 33.9 Å². The van der Waals surface area contributed by atoms with Crippen LogP contribution in [0.4, 0.5) is 8.78 Å². The Morgan fingerprint density at radius 1 is 1.21 bits per heavy atom. The molecule has 2 rings (SSSR count). The second-order valence-corrected chi connectivity index (χ2v) is 3.50. The van der Waals surface area contributed by atoms with Gasteiger partial charge in [0.05, 0.1) is 6.26 Å². The third kappa shape index (κ3) is 1.61. The lowest BCUT2D eigenvalue weighted by Crippen LogP contribution is -2.00. The Labute approximate surface area is 91.3 Å². The van der Waals surface area contributed by atoms with Crippen LogP contribution >= 0.6 is 22.6 Å². The molecule has 0 fully saturated rings. The van der Waals surface area contributed by atoms with E-state index >= 15 is 0 Å². The van der Waals surface area contributed by atoms with Crippen molar-refractivity contribution in [3.63, 3.8) is 0 Å². The van der Waals surface area contributed by atoms with Crippen molar-refractivity contribution in [2.75, 3.05) is 0 Å². The van der Waals surface area contributed by atoms with E-state index in [1.807, 2.05) is 0 Å². The van der Waals surface area contributed by atoms with Gasteiger partial charge in [-0.1, -0.05) is 0 Å². The smallest absolute Gasteiger partial charge is 0.233 e. The maximum absolute atomic E-state index is 13.0. The van der Waals surface area contributed by atoms with Gasteiger partial charge in [-0.05, 0) is 34.7 Å². The normalized spacial score (nSPS) is 10.5. The van der Waals surface area contributed by atoms with Gasteiger partial charge in [0.2, 0.25) is 17.7 Å². The molecular formula is C8H3F2IN2O. The molecule has 0 N–H and O–H groups in total. The first-order valence-corrected chi connectivity index (χ1v) is 4.69. The summed E-state index contributed by atoms with van der Waals surface area (Å²) in [6.45, 7) is 0. The average Bonchev–Trinajstić information content (AvgIpc) is 2.66. The van der Waals surface area contributed by atoms with Crippen LogP contribution in [0, 0.1) is 15.5 Å². The van der Waals surface area contributed by atoms with Gasteiger partial charge in [0, 0.05) is 0 Å². The highest BCUT2D eigenvalue weighted by atomic mass is 127. The van der Waals surface area contributed by atoms with Crippen molar-refractivity contribution < 1.29 is 13.2 Å². The van der Waals surface area contributed by atoms with E-state index in [2.05, 4.69) is 9.97 Å². The molecule has 0 aliphatic carbocycles. The van der Waals surface area contributed by atoms with E-state index in [1.165, 1.54) is 34.9 Å². The quantitative estimate of drug-likeness (QED) is 0.600. The summed E-state index contributed by atoms with van der Waals surface area (Å²) in [5.41, 5.74) is 0. The molecule has 3 nitrogen and oxygen atoms in total. The van der Waals surface area contributed by atoms with Crippen molar-refractivity contribution >= 4 is 22.6 Å². The Balaban J connectivity index is 2.57. The molecule has 0 saturated carbocycles. The van der Waals surface area contributed by atoms with Crippen LogP contribution < -0.4 is 0 Å². The highest BCUT2D eigenvalue weighted by molar-refractivity contribution is 14.1. The van der Waals surface area contributed by atoms with Crippen LogP contribution in [0.15, 0.2) is 22.8 Å². The molecule has 0 atom stereocenters. The van der Waals surface area contributed by atoms with E-state index < -0.39 is 11.9 Å². The minimum atomic E-state index is -0.885. The first-order chi connectivity index (χ1) is 6.68. The molecule has 14 heavy (non-hydrogen) atoms. The fourth-order valence-corrected chi connectivity index (χ4v) is 1.15. The first kappa shape index (κ1) is 9.50. The molecule has 2 aromatic rings. The number of furan rings is 1. The summed E-state index contributed by atoms with van der Waals surface area (Å²) in [6.07, 6.45) is 1.38. The van der Waals surface area contributed by atoms with Gasteiger partial charge in [-0.2, -0.15) is 18.7 Å². The SMILES string of the molecule is Fc1nc(-c2ccco2)nc(F)c1I. The molecule has 0 saturated heterocycles. The van der Waals surface area contributed by atoms with Crippen LogP contribution in [0.3, 0.4) is 0 Å². The molecule has 0 radical (unpaired) electrons. The van der Waals surface area contributed by atoms with Crippen molar-refractivity contribution in [2.45, 2.75) is 0 Å². The number of rotatable bonds is 1. The topological polar surface area (TPSA) is 38.9 Å². The Kier molecular flexibility index (Phi) is 2.44. The molecular weight excluding hydrogens is 305 g/mol. The summed E-state index contributed by atoms with van der Waals surface area (Å²) in [5.74, 6) is -1.63. The Morgan fingerprint density at radius 3 is 2.36 bits per heavy atom. The van der Waals surface area contributed by atoms with Crippen LogP contribution in [-0.2, 0) is 0 Å². The minimum absolute atomic E-state index is 0.0922. The molecule has 2 aromatic heterocycles. The van der Waals surface area contributed by atoms with Gasteiger partial charge in [-0.15, -0.1) is 0 Å². The zero-order valence-corrected chi connectivity index (χ0v) is 8.83. The lowest BCUT2D eigenvalue weighted by molar-refractivity contribution is 0.505. The second-order valence-electron chi connectivity index (χ2n) is 2.42. The first-order valence-electron chi connectivity index (χ1n) is 3.61. The summed E-state index contributed by atoms with van der Waals surface area (Å²) in [4.78, 5) is 6.91. The summed E-state index contributed by atoms with van der Waals surface area (Å²) < 4.78 is 30.7. The Hall–Kier alpha value is -1.05. The number of hydrogen-bond acceptors (Lipinski definition) is 3. The number of nitrogens with zero attached hydrogens (tertiary/aromatic N) is 2. The van der Waals surface area contributed by atoms with Crippen LogP contribution in [0.2, 0.25) is 0 Å². The van der Waals surface area contributed by atoms with E-state index in [0.717, 1.165) is 0 Å². The predicted molar refractivity (Wildman–Crippen MR) is 52.4 cm³/mol. The Morgan fingerprint density at radius 2 is 1.86 bits per heavy atom. The zero-order chi connectivity index (χ0) is 10.1. The number of halogens is 3. The molecule has 0 aliphatic heterocycles. The second kappa shape index (κ2) is 3.60. The van der Waals surface area contributed by atoms with Gasteiger partial charge < -0.3 is 4.42 Å². The van der Waals surface area contributed by atoms with Gasteiger partial charge >= 0.3 is 0 Å². The molecule has 0 aromatic carbocycles. The Bertz CT molecular complexity index is 435. The van der Waals surface area contributed by atoms with Crippen molar-refractivity contribution in [1.29, 1.82) is 0 Å². The summed E-state index contributed by atoms with van der Waals surface area (Å²) in [6, 6.07) is 3.12. The van der Waals surface area contributed by atoms with Gasteiger partial charge in [-0.25, -0.2) is 0 Å². The number of hydrogen-bond donors (Lipinski definition) is 0. The molecule has 2 heterocycles. The van der Waals surface area contributed by atoms with Gasteiger partial charge in [0.15, 0.2) is 5.76 Å². The molecule has 72 valence electrons. The third-order valence-corrected chi connectivity index (χ3v) is 2.40. The molecule has 0 amide bonds. The monoisotopic (exact) mass is 308 g/mol.